The van der Waals surface area contributed by atoms with Crippen molar-refractivity contribution < 1.29 is 14.6 Å². The fourth-order valence-electron chi connectivity index (χ4n) is 1.79. The molecule has 0 saturated carbocycles. The number of hydrogen-bond acceptors (Lipinski definition) is 3. The van der Waals surface area contributed by atoms with Crippen LogP contribution < -0.4 is 5.32 Å². The summed E-state index contributed by atoms with van der Waals surface area (Å²) in [7, 11) is 0. The summed E-state index contributed by atoms with van der Waals surface area (Å²) in [6.45, 7) is 6.82. The summed E-state index contributed by atoms with van der Waals surface area (Å²) in [6, 6.07) is 0. The van der Waals surface area contributed by atoms with Crippen LogP contribution in [0.4, 0.5) is 0 Å². The van der Waals surface area contributed by atoms with Crippen molar-refractivity contribution in [2.24, 2.45) is 5.92 Å². The Morgan fingerprint density at radius 3 is 2.88 bits per heavy atom. The minimum absolute atomic E-state index is 0.0156. The third kappa shape index (κ3) is 3.46. The molecule has 0 spiro atoms. The molecule has 16 heavy (non-hydrogen) atoms. The zero-order valence-corrected chi connectivity index (χ0v) is 10.5. The number of rotatable bonds is 5. The van der Waals surface area contributed by atoms with Crippen molar-refractivity contribution in [3.8, 4) is 0 Å². The molecule has 4 heteroatoms. The van der Waals surface area contributed by atoms with Crippen LogP contribution in [0.1, 0.15) is 40.0 Å². The van der Waals surface area contributed by atoms with Crippen LogP contribution in [0.2, 0.25) is 0 Å². The van der Waals surface area contributed by atoms with Gasteiger partial charge in [-0.2, -0.15) is 0 Å². The average molecular weight is 229 g/mol. The molecule has 1 heterocycles. The number of hydrogen-bond donors (Lipinski definition) is 2. The molecular weight excluding hydrogens is 206 g/mol. The highest BCUT2D eigenvalue weighted by atomic mass is 16.5. The Kier molecular flexibility index (Phi) is 4.74. The average Bonchev–Trinajstić information content (AvgIpc) is 2.57. The summed E-state index contributed by atoms with van der Waals surface area (Å²) in [5.74, 6) is 0.411. The molecule has 2 N–H and O–H groups in total. The first-order valence-corrected chi connectivity index (χ1v) is 6.08. The second-order valence-corrected chi connectivity index (χ2v) is 4.86. The lowest BCUT2D eigenvalue weighted by atomic mass is 9.96. The summed E-state index contributed by atoms with van der Waals surface area (Å²) < 4.78 is 5.30. The predicted molar refractivity (Wildman–Crippen MR) is 62.1 cm³/mol. The molecule has 0 aromatic rings. The SMILES string of the molecule is CCC(C)CC(=O)NCC1(O)CCOC1C. The zero-order chi connectivity index (χ0) is 12.2. The zero-order valence-electron chi connectivity index (χ0n) is 10.5. The van der Waals surface area contributed by atoms with Crippen molar-refractivity contribution in [3.63, 3.8) is 0 Å². The maximum Gasteiger partial charge on any atom is 0.220 e. The lowest BCUT2D eigenvalue weighted by Gasteiger charge is -2.26. The van der Waals surface area contributed by atoms with Crippen LogP contribution in [0, 0.1) is 5.92 Å². The van der Waals surface area contributed by atoms with Crippen LogP contribution in [-0.4, -0.2) is 35.9 Å². The Balaban J connectivity index is 2.31. The molecule has 0 bridgehead atoms. The first-order valence-electron chi connectivity index (χ1n) is 6.08. The molecule has 1 fully saturated rings. The van der Waals surface area contributed by atoms with E-state index in [0.29, 0.717) is 31.9 Å². The number of nitrogens with one attached hydrogen (secondary N) is 1. The van der Waals surface area contributed by atoms with E-state index in [1.165, 1.54) is 0 Å². The van der Waals surface area contributed by atoms with E-state index in [1.807, 2.05) is 6.92 Å². The first kappa shape index (κ1) is 13.5. The minimum atomic E-state index is -0.884. The summed E-state index contributed by atoms with van der Waals surface area (Å²) in [5.41, 5.74) is -0.884. The number of aliphatic hydroxyl groups is 1. The molecule has 3 atom stereocenters. The van der Waals surface area contributed by atoms with Crippen molar-refractivity contribution in [2.45, 2.75) is 51.7 Å². The van der Waals surface area contributed by atoms with Gasteiger partial charge in [-0.15, -0.1) is 0 Å². The van der Waals surface area contributed by atoms with Gasteiger partial charge in [-0.3, -0.25) is 4.79 Å². The summed E-state index contributed by atoms with van der Waals surface area (Å²) in [5, 5.41) is 13.0. The van der Waals surface area contributed by atoms with Crippen molar-refractivity contribution in [1.82, 2.24) is 5.32 Å². The Labute approximate surface area is 97.4 Å². The molecule has 1 aliphatic heterocycles. The monoisotopic (exact) mass is 229 g/mol. The third-order valence-electron chi connectivity index (χ3n) is 3.48. The molecule has 1 aliphatic rings. The number of amides is 1. The highest BCUT2D eigenvalue weighted by Gasteiger charge is 2.39. The smallest absolute Gasteiger partial charge is 0.220 e. The second-order valence-electron chi connectivity index (χ2n) is 4.86. The van der Waals surface area contributed by atoms with Crippen LogP contribution in [0.5, 0.6) is 0 Å². The largest absolute Gasteiger partial charge is 0.385 e. The van der Waals surface area contributed by atoms with Gasteiger partial charge in [0.15, 0.2) is 0 Å². The van der Waals surface area contributed by atoms with Crippen molar-refractivity contribution >= 4 is 5.91 Å². The van der Waals surface area contributed by atoms with Crippen molar-refractivity contribution in [3.05, 3.63) is 0 Å². The molecule has 1 saturated heterocycles. The van der Waals surface area contributed by atoms with Gasteiger partial charge >= 0.3 is 0 Å². The fourth-order valence-corrected chi connectivity index (χ4v) is 1.79. The molecule has 3 unspecified atom stereocenters. The van der Waals surface area contributed by atoms with Gasteiger partial charge in [0.05, 0.1) is 6.10 Å². The second kappa shape index (κ2) is 5.64. The predicted octanol–water partition coefficient (Wildman–Crippen LogP) is 1.08. The maximum atomic E-state index is 11.6. The van der Waals surface area contributed by atoms with Gasteiger partial charge in [-0.25, -0.2) is 0 Å². The first-order chi connectivity index (χ1) is 7.48. The van der Waals surface area contributed by atoms with E-state index < -0.39 is 5.60 Å². The van der Waals surface area contributed by atoms with Gasteiger partial charge in [-0.05, 0) is 12.8 Å². The van der Waals surface area contributed by atoms with Crippen molar-refractivity contribution in [2.75, 3.05) is 13.2 Å². The summed E-state index contributed by atoms with van der Waals surface area (Å²) >= 11 is 0. The normalized spacial score (nSPS) is 31.4. The van der Waals surface area contributed by atoms with E-state index in [4.69, 9.17) is 4.74 Å². The molecule has 0 aromatic carbocycles. The number of carbonyl (C=O) groups excluding carboxylic acids is 1. The molecule has 0 aromatic heterocycles. The fraction of sp³-hybridized carbons (Fsp3) is 0.917. The van der Waals surface area contributed by atoms with Gasteiger partial charge in [0.1, 0.15) is 5.60 Å². The molecule has 0 aliphatic carbocycles. The highest BCUT2D eigenvalue weighted by Crippen LogP contribution is 2.24. The van der Waals surface area contributed by atoms with Crippen LogP contribution in [0.25, 0.3) is 0 Å². The van der Waals surface area contributed by atoms with E-state index in [9.17, 15) is 9.90 Å². The quantitative estimate of drug-likeness (QED) is 0.741. The Morgan fingerprint density at radius 1 is 1.69 bits per heavy atom. The highest BCUT2D eigenvalue weighted by molar-refractivity contribution is 5.76. The lowest BCUT2D eigenvalue weighted by Crippen LogP contribution is -2.47. The summed E-state index contributed by atoms with van der Waals surface area (Å²) in [4.78, 5) is 11.6. The van der Waals surface area contributed by atoms with Crippen LogP contribution in [0.3, 0.4) is 0 Å². The van der Waals surface area contributed by atoms with Crippen LogP contribution >= 0.6 is 0 Å². The van der Waals surface area contributed by atoms with E-state index in [0.717, 1.165) is 6.42 Å². The van der Waals surface area contributed by atoms with Crippen LogP contribution in [-0.2, 0) is 9.53 Å². The van der Waals surface area contributed by atoms with Gasteiger partial charge in [-0.1, -0.05) is 20.3 Å². The van der Waals surface area contributed by atoms with Crippen molar-refractivity contribution in [1.29, 1.82) is 0 Å². The van der Waals surface area contributed by atoms with Gasteiger partial charge < -0.3 is 15.2 Å². The maximum absolute atomic E-state index is 11.6. The van der Waals surface area contributed by atoms with Gasteiger partial charge in [0.25, 0.3) is 0 Å². The molecule has 1 amide bonds. The Hall–Kier alpha value is -0.610. The molecule has 1 rings (SSSR count). The Bertz CT molecular complexity index is 244. The Morgan fingerprint density at radius 2 is 2.38 bits per heavy atom. The van der Waals surface area contributed by atoms with Crippen LogP contribution in [0.15, 0.2) is 0 Å². The van der Waals surface area contributed by atoms with E-state index in [1.54, 1.807) is 0 Å². The standard InChI is InChI=1S/C12H23NO3/c1-4-9(2)7-11(14)13-8-12(15)5-6-16-10(12)3/h9-10,15H,4-8H2,1-3H3,(H,13,14). The minimum Gasteiger partial charge on any atom is -0.385 e. The van der Waals surface area contributed by atoms with E-state index >= 15 is 0 Å². The van der Waals surface area contributed by atoms with Gasteiger partial charge in [0.2, 0.25) is 5.91 Å². The summed E-state index contributed by atoms with van der Waals surface area (Å²) in [6.07, 6.45) is 1.92. The van der Waals surface area contributed by atoms with Gasteiger partial charge in [0, 0.05) is 26.0 Å². The lowest BCUT2D eigenvalue weighted by molar-refractivity contribution is -0.123. The van der Waals surface area contributed by atoms with E-state index in [2.05, 4.69) is 19.2 Å². The molecule has 94 valence electrons. The van der Waals surface area contributed by atoms with E-state index in [-0.39, 0.29) is 12.0 Å². The topological polar surface area (TPSA) is 58.6 Å². The molecular formula is C12H23NO3. The number of carbonyl (C=O) groups is 1. The number of ether oxygens (including phenoxy) is 1. The molecule has 4 nitrogen and oxygen atoms in total. The molecule has 0 radical (unpaired) electrons. The third-order valence-corrected chi connectivity index (χ3v) is 3.48.